The van der Waals surface area contributed by atoms with Crippen molar-refractivity contribution < 1.29 is 9.90 Å². The van der Waals surface area contributed by atoms with Crippen LogP contribution >= 0.6 is 0 Å². The van der Waals surface area contributed by atoms with Crippen molar-refractivity contribution in [2.45, 2.75) is 51.7 Å². The zero-order chi connectivity index (χ0) is 11.7. The van der Waals surface area contributed by atoms with Crippen molar-refractivity contribution in [2.24, 2.45) is 11.1 Å². The molecule has 1 aliphatic rings. The first kappa shape index (κ1) is 12.5. The Kier molecular flexibility index (Phi) is 3.41. The van der Waals surface area contributed by atoms with E-state index >= 15 is 0 Å². The van der Waals surface area contributed by atoms with Crippen molar-refractivity contribution in [3.63, 3.8) is 0 Å². The van der Waals surface area contributed by atoms with Crippen LogP contribution in [0, 0.1) is 5.41 Å². The predicted molar refractivity (Wildman–Crippen MR) is 59.2 cm³/mol. The van der Waals surface area contributed by atoms with E-state index in [2.05, 4.69) is 5.32 Å². The van der Waals surface area contributed by atoms with Crippen LogP contribution in [0.4, 0.5) is 0 Å². The van der Waals surface area contributed by atoms with Gasteiger partial charge >= 0.3 is 0 Å². The lowest BCUT2D eigenvalue weighted by Gasteiger charge is -2.37. The van der Waals surface area contributed by atoms with Crippen LogP contribution in [0.3, 0.4) is 0 Å². The molecule has 0 heterocycles. The van der Waals surface area contributed by atoms with Crippen molar-refractivity contribution >= 4 is 5.91 Å². The molecule has 0 radical (unpaired) electrons. The summed E-state index contributed by atoms with van der Waals surface area (Å²) < 4.78 is 0. The van der Waals surface area contributed by atoms with Gasteiger partial charge in [-0.1, -0.05) is 20.8 Å². The fraction of sp³-hybridized carbons (Fsp3) is 0.909. The molecular formula is C11H22N2O2. The molecule has 0 bridgehead atoms. The van der Waals surface area contributed by atoms with Crippen LogP contribution in [0.15, 0.2) is 0 Å². The van der Waals surface area contributed by atoms with Gasteiger partial charge in [-0.3, -0.25) is 4.79 Å². The summed E-state index contributed by atoms with van der Waals surface area (Å²) in [6, 6.07) is -0.527. The first-order valence-corrected chi connectivity index (χ1v) is 5.50. The highest BCUT2D eigenvalue weighted by Crippen LogP contribution is 2.30. The SMILES string of the molecule is CC(C)(C)[C@@H](N)C(=O)NCC1(O)CCC1. The minimum atomic E-state index is -0.673. The molecule has 0 aromatic carbocycles. The molecule has 88 valence electrons. The molecule has 1 rings (SSSR count). The molecule has 1 saturated carbocycles. The van der Waals surface area contributed by atoms with Crippen molar-refractivity contribution in [3.05, 3.63) is 0 Å². The Morgan fingerprint density at radius 2 is 2.07 bits per heavy atom. The summed E-state index contributed by atoms with van der Waals surface area (Å²) >= 11 is 0. The predicted octanol–water partition coefficient (Wildman–Crippen LogP) is 0.391. The van der Waals surface area contributed by atoms with Gasteiger partial charge < -0.3 is 16.2 Å². The third kappa shape index (κ3) is 3.18. The third-order valence-electron chi connectivity index (χ3n) is 3.09. The zero-order valence-corrected chi connectivity index (χ0v) is 9.84. The Morgan fingerprint density at radius 3 is 2.40 bits per heavy atom. The highest BCUT2D eigenvalue weighted by molar-refractivity contribution is 5.82. The maximum Gasteiger partial charge on any atom is 0.237 e. The topological polar surface area (TPSA) is 75.4 Å². The fourth-order valence-electron chi connectivity index (χ4n) is 1.52. The zero-order valence-electron chi connectivity index (χ0n) is 9.84. The minimum Gasteiger partial charge on any atom is -0.388 e. The lowest BCUT2D eigenvalue weighted by molar-refractivity contribution is -0.126. The van der Waals surface area contributed by atoms with Crippen LogP contribution < -0.4 is 11.1 Å². The molecule has 0 spiro atoms. The standard InChI is InChI=1S/C11H22N2O2/c1-10(2,3)8(12)9(14)13-7-11(15)5-4-6-11/h8,15H,4-7,12H2,1-3H3,(H,13,14)/t8-/m0/s1. The Labute approximate surface area is 91.2 Å². The van der Waals surface area contributed by atoms with Crippen molar-refractivity contribution in [1.82, 2.24) is 5.32 Å². The van der Waals surface area contributed by atoms with Gasteiger partial charge in [0.25, 0.3) is 0 Å². The Morgan fingerprint density at radius 1 is 1.53 bits per heavy atom. The number of nitrogens with one attached hydrogen (secondary N) is 1. The average molecular weight is 214 g/mol. The van der Waals surface area contributed by atoms with E-state index in [0.717, 1.165) is 19.3 Å². The lowest BCUT2D eigenvalue weighted by atomic mass is 9.80. The van der Waals surface area contributed by atoms with E-state index in [0.29, 0.717) is 6.54 Å². The molecule has 4 N–H and O–H groups in total. The van der Waals surface area contributed by atoms with Crippen LogP contribution in [0.1, 0.15) is 40.0 Å². The Bertz CT molecular complexity index is 241. The van der Waals surface area contributed by atoms with Crippen LogP contribution in [0.25, 0.3) is 0 Å². The van der Waals surface area contributed by atoms with Crippen molar-refractivity contribution in [3.8, 4) is 0 Å². The number of hydrogen-bond donors (Lipinski definition) is 3. The number of nitrogens with two attached hydrogens (primary N) is 1. The van der Waals surface area contributed by atoms with Crippen LogP contribution in [0.5, 0.6) is 0 Å². The summed E-state index contributed by atoms with van der Waals surface area (Å²) in [5.41, 5.74) is 4.87. The number of aliphatic hydroxyl groups is 1. The minimum absolute atomic E-state index is 0.178. The van der Waals surface area contributed by atoms with E-state index in [9.17, 15) is 9.90 Å². The highest BCUT2D eigenvalue weighted by Gasteiger charge is 2.36. The third-order valence-corrected chi connectivity index (χ3v) is 3.09. The quantitative estimate of drug-likeness (QED) is 0.636. The molecule has 1 amide bonds. The second kappa shape index (κ2) is 4.10. The molecule has 0 aliphatic heterocycles. The molecule has 1 atom stereocenters. The van der Waals surface area contributed by atoms with Gasteiger partial charge in [0.15, 0.2) is 0 Å². The molecule has 4 heteroatoms. The number of carbonyl (C=O) groups excluding carboxylic acids is 1. The summed E-state index contributed by atoms with van der Waals surface area (Å²) in [5.74, 6) is -0.178. The van der Waals surface area contributed by atoms with Gasteiger partial charge in [-0.2, -0.15) is 0 Å². The summed E-state index contributed by atoms with van der Waals surface area (Å²) in [4.78, 5) is 11.6. The van der Waals surface area contributed by atoms with E-state index in [-0.39, 0.29) is 11.3 Å². The number of hydrogen-bond acceptors (Lipinski definition) is 3. The molecular weight excluding hydrogens is 192 g/mol. The van der Waals surface area contributed by atoms with Crippen LogP contribution in [0.2, 0.25) is 0 Å². The summed E-state index contributed by atoms with van der Waals surface area (Å²) in [6.45, 7) is 6.11. The van der Waals surface area contributed by atoms with Crippen LogP contribution in [-0.2, 0) is 4.79 Å². The van der Waals surface area contributed by atoms with E-state index in [1.54, 1.807) is 0 Å². The summed E-state index contributed by atoms with van der Waals surface area (Å²) in [5, 5.41) is 12.5. The monoisotopic (exact) mass is 214 g/mol. The number of amides is 1. The maximum atomic E-state index is 11.6. The Balaban J connectivity index is 2.36. The second-order valence-corrected chi connectivity index (χ2v) is 5.64. The number of rotatable bonds is 3. The summed E-state index contributed by atoms with van der Waals surface area (Å²) in [7, 11) is 0. The molecule has 15 heavy (non-hydrogen) atoms. The molecule has 0 saturated heterocycles. The molecule has 0 aromatic heterocycles. The normalized spacial score (nSPS) is 21.7. The summed E-state index contributed by atoms with van der Waals surface area (Å²) in [6.07, 6.45) is 2.59. The van der Waals surface area contributed by atoms with E-state index in [1.165, 1.54) is 0 Å². The average Bonchev–Trinajstić information content (AvgIpc) is 2.08. The molecule has 1 aliphatic carbocycles. The van der Waals surface area contributed by atoms with Gasteiger partial charge in [0.1, 0.15) is 0 Å². The van der Waals surface area contributed by atoms with E-state index < -0.39 is 11.6 Å². The maximum absolute atomic E-state index is 11.6. The van der Waals surface area contributed by atoms with Gasteiger partial charge in [-0.15, -0.1) is 0 Å². The second-order valence-electron chi connectivity index (χ2n) is 5.64. The first-order valence-electron chi connectivity index (χ1n) is 5.50. The van der Waals surface area contributed by atoms with Crippen LogP contribution in [-0.4, -0.2) is 29.2 Å². The van der Waals surface area contributed by atoms with Gasteiger partial charge in [0.2, 0.25) is 5.91 Å². The largest absolute Gasteiger partial charge is 0.388 e. The Hall–Kier alpha value is -0.610. The van der Waals surface area contributed by atoms with Gasteiger partial charge in [-0.05, 0) is 24.7 Å². The number of carbonyl (C=O) groups is 1. The van der Waals surface area contributed by atoms with Gasteiger partial charge in [0.05, 0.1) is 11.6 Å². The lowest BCUT2D eigenvalue weighted by Crippen LogP contribution is -2.54. The van der Waals surface area contributed by atoms with Crippen molar-refractivity contribution in [1.29, 1.82) is 0 Å². The van der Waals surface area contributed by atoms with E-state index in [4.69, 9.17) is 5.73 Å². The highest BCUT2D eigenvalue weighted by atomic mass is 16.3. The van der Waals surface area contributed by atoms with Gasteiger partial charge in [-0.25, -0.2) is 0 Å². The molecule has 0 unspecified atom stereocenters. The fourth-order valence-corrected chi connectivity index (χ4v) is 1.52. The molecule has 0 aromatic rings. The van der Waals surface area contributed by atoms with Crippen molar-refractivity contribution in [2.75, 3.05) is 6.54 Å². The smallest absolute Gasteiger partial charge is 0.237 e. The molecule has 1 fully saturated rings. The molecule has 4 nitrogen and oxygen atoms in total. The van der Waals surface area contributed by atoms with E-state index in [1.807, 2.05) is 20.8 Å². The first-order chi connectivity index (χ1) is 6.75. The van der Waals surface area contributed by atoms with Gasteiger partial charge in [0, 0.05) is 6.54 Å².